The van der Waals surface area contributed by atoms with Crippen molar-refractivity contribution < 1.29 is 21.6 Å². The second-order valence-electron chi connectivity index (χ2n) is 3.12. The van der Waals surface area contributed by atoms with Gasteiger partial charge in [-0.3, -0.25) is 0 Å². The van der Waals surface area contributed by atoms with Crippen LogP contribution in [0.4, 0.5) is 13.2 Å². The average molecular weight is 248 g/mol. The summed E-state index contributed by atoms with van der Waals surface area (Å²) in [6.45, 7) is 0.984. The third-order valence-corrected chi connectivity index (χ3v) is 4.23. The standard InChI is InChI=1S/C7H15F3N2O2S/c1-3-15(13,14)5(4-12-2)6(11)7(8,9)10/h5-6,12H,3-4,11H2,1-2H3. The Balaban J connectivity index is 4.99. The molecule has 0 saturated heterocycles. The molecule has 0 rings (SSSR count). The molecule has 0 radical (unpaired) electrons. The van der Waals surface area contributed by atoms with E-state index in [-0.39, 0.29) is 12.3 Å². The van der Waals surface area contributed by atoms with Gasteiger partial charge < -0.3 is 11.1 Å². The monoisotopic (exact) mass is 248 g/mol. The van der Waals surface area contributed by atoms with E-state index in [2.05, 4.69) is 5.32 Å². The molecule has 0 aliphatic carbocycles. The van der Waals surface area contributed by atoms with Gasteiger partial charge in [-0.2, -0.15) is 13.2 Å². The van der Waals surface area contributed by atoms with Gasteiger partial charge >= 0.3 is 6.18 Å². The van der Waals surface area contributed by atoms with E-state index < -0.39 is 27.3 Å². The number of rotatable bonds is 5. The first-order valence-corrected chi connectivity index (χ1v) is 6.06. The quantitative estimate of drug-likeness (QED) is 0.712. The van der Waals surface area contributed by atoms with E-state index in [1.807, 2.05) is 0 Å². The van der Waals surface area contributed by atoms with Crippen LogP contribution in [0, 0.1) is 0 Å². The fourth-order valence-corrected chi connectivity index (χ4v) is 2.55. The van der Waals surface area contributed by atoms with Crippen molar-refractivity contribution in [1.29, 1.82) is 0 Å². The second-order valence-corrected chi connectivity index (χ2v) is 5.62. The Morgan fingerprint density at radius 1 is 1.40 bits per heavy atom. The molecule has 0 heterocycles. The summed E-state index contributed by atoms with van der Waals surface area (Å²) in [5.74, 6) is -0.358. The second kappa shape index (κ2) is 5.13. The first-order chi connectivity index (χ1) is 6.66. The van der Waals surface area contributed by atoms with E-state index in [1.165, 1.54) is 14.0 Å². The van der Waals surface area contributed by atoms with E-state index in [0.717, 1.165) is 0 Å². The van der Waals surface area contributed by atoms with Crippen LogP contribution in [0.3, 0.4) is 0 Å². The van der Waals surface area contributed by atoms with Crippen LogP contribution in [0.5, 0.6) is 0 Å². The zero-order chi connectivity index (χ0) is 12.3. The van der Waals surface area contributed by atoms with E-state index in [4.69, 9.17) is 5.73 Å². The molecule has 0 bridgehead atoms. The smallest absolute Gasteiger partial charge is 0.319 e. The minimum atomic E-state index is -4.70. The van der Waals surface area contributed by atoms with Gasteiger partial charge in [0.25, 0.3) is 0 Å². The number of nitrogens with one attached hydrogen (secondary N) is 1. The zero-order valence-electron chi connectivity index (χ0n) is 8.50. The highest BCUT2D eigenvalue weighted by molar-refractivity contribution is 7.92. The maximum atomic E-state index is 12.3. The fraction of sp³-hybridized carbons (Fsp3) is 1.00. The largest absolute Gasteiger partial charge is 0.404 e. The molecule has 92 valence electrons. The van der Waals surface area contributed by atoms with Crippen molar-refractivity contribution in [3.05, 3.63) is 0 Å². The Labute approximate surface area is 86.9 Å². The van der Waals surface area contributed by atoms with Gasteiger partial charge in [-0.15, -0.1) is 0 Å². The lowest BCUT2D eigenvalue weighted by molar-refractivity contribution is -0.147. The number of halogens is 3. The van der Waals surface area contributed by atoms with E-state index in [0.29, 0.717) is 0 Å². The predicted molar refractivity (Wildman–Crippen MR) is 51.2 cm³/mol. The van der Waals surface area contributed by atoms with Crippen LogP contribution in [-0.4, -0.2) is 45.2 Å². The molecular weight excluding hydrogens is 233 g/mol. The number of alkyl halides is 3. The lowest BCUT2D eigenvalue weighted by Gasteiger charge is -2.25. The summed E-state index contributed by atoms with van der Waals surface area (Å²) in [5.41, 5.74) is 4.90. The molecule has 0 aliphatic rings. The van der Waals surface area contributed by atoms with Gasteiger partial charge in [0.15, 0.2) is 9.84 Å². The highest BCUT2D eigenvalue weighted by Crippen LogP contribution is 2.24. The van der Waals surface area contributed by atoms with Gasteiger partial charge in [-0.25, -0.2) is 8.42 Å². The third-order valence-electron chi connectivity index (χ3n) is 2.05. The summed E-state index contributed by atoms with van der Waals surface area (Å²) >= 11 is 0. The van der Waals surface area contributed by atoms with Crippen LogP contribution in [0.25, 0.3) is 0 Å². The molecule has 0 saturated carbocycles. The summed E-state index contributed by atoms with van der Waals surface area (Å²) < 4.78 is 59.5. The Kier molecular flexibility index (Phi) is 5.01. The highest BCUT2D eigenvalue weighted by atomic mass is 32.2. The Bertz CT molecular complexity index is 289. The number of hydrogen-bond acceptors (Lipinski definition) is 4. The highest BCUT2D eigenvalue weighted by Gasteiger charge is 2.46. The summed E-state index contributed by atoms with van der Waals surface area (Å²) in [5, 5.41) is 0.770. The third kappa shape index (κ3) is 3.96. The molecule has 0 aromatic rings. The molecule has 2 unspecified atom stereocenters. The molecule has 3 N–H and O–H groups in total. The normalized spacial score (nSPS) is 17.5. The summed E-state index contributed by atoms with van der Waals surface area (Å²) in [4.78, 5) is 0. The molecular formula is C7H15F3N2O2S. The fourth-order valence-electron chi connectivity index (χ4n) is 1.10. The van der Waals surface area contributed by atoms with Gasteiger partial charge in [-0.05, 0) is 7.05 Å². The summed E-state index contributed by atoms with van der Waals surface area (Å²) in [6.07, 6.45) is -4.70. The van der Waals surface area contributed by atoms with Gasteiger partial charge in [0.2, 0.25) is 0 Å². The zero-order valence-corrected chi connectivity index (χ0v) is 9.32. The summed E-state index contributed by atoms with van der Waals surface area (Å²) in [6, 6.07) is -2.35. The Morgan fingerprint density at radius 2 is 1.87 bits per heavy atom. The lowest BCUT2D eigenvalue weighted by Crippen LogP contribution is -2.54. The number of sulfone groups is 1. The van der Waals surface area contributed by atoms with Crippen molar-refractivity contribution in [2.75, 3.05) is 19.3 Å². The van der Waals surface area contributed by atoms with Gasteiger partial charge in [-0.1, -0.05) is 6.92 Å². The molecule has 0 fully saturated rings. The van der Waals surface area contributed by atoms with E-state index >= 15 is 0 Å². The number of hydrogen-bond donors (Lipinski definition) is 2. The molecule has 4 nitrogen and oxygen atoms in total. The number of nitrogens with two attached hydrogens (primary N) is 1. The molecule has 0 aliphatic heterocycles. The van der Waals surface area contributed by atoms with Crippen LogP contribution in [-0.2, 0) is 9.84 Å². The molecule has 0 spiro atoms. The van der Waals surface area contributed by atoms with Gasteiger partial charge in [0, 0.05) is 12.3 Å². The molecule has 0 aromatic heterocycles. The van der Waals surface area contributed by atoms with E-state index in [1.54, 1.807) is 0 Å². The Morgan fingerprint density at radius 3 is 2.13 bits per heavy atom. The minimum absolute atomic E-state index is 0.309. The van der Waals surface area contributed by atoms with Crippen LogP contribution in [0.15, 0.2) is 0 Å². The predicted octanol–water partition coefficient (Wildman–Crippen LogP) is -0.101. The maximum Gasteiger partial charge on any atom is 0.404 e. The molecule has 2 atom stereocenters. The molecule has 0 aromatic carbocycles. The maximum absolute atomic E-state index is 12.3. The topological polar surface area (TPSA) is 72.2 Å². The van der Waals surface area contributed by atoms with Gasteiger partial charge in [0.1, 0.15) is 6.04 Å². The van der Waals surface area contributed by atoms with Crippen molar-refractivity contribution in [2.24, 2.45) is 5.73 Å². The molecule has 8 heteroatoms. The van der Waals surface area contributed by atoms with Crippen molar-refractivity contribution in [1.82, 2.24) is 5.32 Å². The molecule has 0 amide bonds. The lowest BCUT2D eigenvalue weighted by atomic mass is 10.2. The van der Waals surface area contributed by atoms with Crippen molar-refractivity contribution in [2.45, 2.75) is 24.4 Å². The van der Waals surface area contributed by atoms with E-state index in [9.17, 15) is 21.6 Å². The van der Waals surface area contributed by atoms with Crippen molar-refractivity contribution >= 4 is 9.84 Å². The van der Waals surface area contributed by atoms with Crippen molar-refractivity contribution in [3.63, 3.8) is 0 Å². The Hall–Kier alpha value is -0.340. The molecule has 15 heavy (non-hydrogen) atoms. The first kappa shape index (κ1) is 14.7. The van der Waals surface area contributed by atoms with Crippen LogP contribution in [0.1, 0.15) is 6.92 Å². The van der Waals surface area contributed by atoms with Crippen LogP contribution >= 0.6 is 0 Å². The average Bonchev–Trinajstić information content (AvgIpc) is 2.11. The summed E-state index contributed by atoms with van der Waals surface area (Å²) in [7, 11) is -2.44. The van der Waals surface area contributed by atoms with Crippen LogP contribution in [0.2, 0.25) is 0 Å². The minimum Gasteiger partial charge on any atom is -0.319 e. The van der Waals surface area contributed by atoms with Gasteiger partial charge in [0.05, 0.1) is 5.25 Å². The SMILES string of the molecule is CCS(=O)(=O)C(CNC)C(N)C(F)(F)F. The first-order valence-electron chi connectivity index (χ1n) is 4.35. The van der Waals surface area contributed by atoms with Crippen molar-refractivity contribution in [3.8, 4) is 0 Å². The van der Waals surface area contributed by atoms with Crippen LogP contribution < -0.4 is 11.1 Å².